The van der Waals surface area contributed by atoms with E-state index in [1.54, 1.807) is 29.8 Å². The third-order valence-electron chi connectivity index (χ3n) is 7.43. The molecule has 38 heavy (non-hydrogen) atoms. The van der Waals surface area contributed by atoms with Gasteiger partial charge in [0.15, 0.2) is 11.5 Å². The Balaban J connectivity index is 1.43. The van der Waals surface area contributed by atoms with E-state index in [1.165, 1.54) is 0 Å². The first-order chi connectivity index (χ1) is 18.5. The van der Waals surface area contributed by atoms with E-state index < -0.39 is 11.9 Å². The fourth-order valence-corrected chi connectivity index (χ4v) is 5.52. The van der Waals surface area contributed by atoms with Gasteiger partial charge in [0.05, 0.1) is 30.7 Å². The lowest BCUT2D eigenvalue weighted by Gasteiger charge is -2.29. The largest absolute Gasteiger partial charge is 0.481 e. The maximum atomic E-state index is 13.7. The zero-order valence-electron chi connectivity index (χ0n) is 21.5. The van der Waals surface area contributed by atoms with Gasteiger partial charge in [-0.1, -0.05) is 19.4 Å². The predicted molar refractivity (Wildman–Crippen MR) is 140 cm³/mol. The second-order valence-electron chi connectivity index (χ2n) is 9.78. The van der Waals surface area contributed by atoms with E-state index in [0.29, 0.717) is 37.6 Å². The van der Waals surface area contributed by atoms with Crippen molar-refractivity contribution in [3.05, 3.63) is 67.0 Å². The van der Waals surface area contributed by atoms with Crippen molar-refractivity contribution in [1.82, 2.24) is 19.4 Å². The van der Waals surface area contributed by atoms with Crippen LogP contribution in [0.2, 0.25) is 0 Å². The van der Waals surface area contributed by atoms with Gasteiger partial charge in [-0.05, 0) is 42.7 Å². The first-order valence-corrected chi connectivity index (χ1v) is 13.1. The molecule has 2 aliphatic heterocycles. The normalized spacial score (nSPS) is 20.5. The molecule has 0 bridgehead atoms. The monoisotopic (exact) mass is 519 g/mol. The Kier molecular flexibility index (Phi) is 7.88. The minimum atomic E-state index is -0.867. The Bertz CT molecular complexity index is 1240. The van der Waals surface area contributed by atoms with Gasteiger partial charge in [0, 0.05) is 50.2 Å². The lowest BCUT2D eigenvalue weighted by molar-refractivity contribution is -0.143. The molecule has 1 aromatic carbocycles. The standard InChI is InChI=1S/C28H33N5O5/c1-2-3-11-33(21-5-4-9-29-15-21)26(34)17-32-16-22(20-6-7-24-25(14-20)38-19-37-24)27(28(35)36)23(32)8-12-31-13-10-30-18-31/h4-7,9-10,13-15,18,22-23,27H,2-3,8,11-12,16-17,19H2,1H3,(H,35,36)/t22-,23+,27-/m1/s1. The van der Waals surface area contributed by atoms with Gasteiger partial charge >= 0.3 is 5.97 Å². The van der Waals surface area contributed by atoms with Gasteiger partial charge in [-0.15, -0.1) is 0 Å². The number of hydrogen-bond acceptors (Lipinski definition) is 7. The van der Waals surface area contributed by atoms with Crippen molar-refractivity contribution in [2.75, 3.05) is 31.3 Å². The number of ether oxygens (including phenoxy) is 2. The lowest BCUT2D eigenvalue weighted by atomic mass is 9.84. The Morgan fingerprint density at radius 3 is 2.76 bits per heavy atom. The molecule has 1 amide bonds. The molecule has 0 unspecified atom stereocenters. The minimum absolute atomic E-state index is 0.0606. The van der Waals surface area contributed by atoms with Crippen molar-refractivity contribution in [1.29, 1.82) is 0 Å². The maximum Gasteiger partial charge on any atom is 0.308 e. The molecule has 200 valence electrons. The van der Waals surface area contributed by atoms with E-state index in [1.807, 2.05) is 46.0 Å². The number of carbonyl (C=O) groups is 2. The van der Waals surface area contributed by atoms with Crippen LogP contribution in [0.1, 0.15) is 37.7 Å². The number of carboxylic acid groups (broad SMARTS) is 1. The Morgan fingerprint density at radius 1 is 1.16 bits per heavy atom. The highest BCUT2D eigenvalue weighted by Gasteiger charge is 2.47. The van der Waals surface area contributed by atoms with E-state index >= 15 is 0 Å². The van der Waals surface area contributed by atoms with E-state index in [-0.39, 0.29) is 31.2 Å². The van der Waals surface area contributed by atoms with Gasteiger partial charge in [0.25, 0.3) is 0 Å². The van der Waals surface area contributed by atoms with Crippen LogP contribution in [0.25, 0.3) is 0 Å². The second-order valence-corrected chi connectivity index (χ2v) is 9.78. The number of rotatable bonds is 11. The molecule has 1 N–H and O–H groups in total. The molecule has 2 aromatic heterocycles. The zero-order chi connectivity index (χ0) is 26.5. The minimum Gasteiger partial charge on any atom is -0.481 e. The molecule has 2 aliphatic rings. The fraction of sp³-hybridized carbons (Fsp3) is 0.429. The van der Waals surface area contributed by atoms with Crippen LogP contribution in [0.4, 0.5) is 5.69 Å². The molecule has 3 atom stereocenters. The summed E-state index contributed by atoms with van der Waals surface area (Å²) in [4.78, 5) is 38.6. The van der Waals surface area contributed by atoms with Crippen LogP contribution in [0.15, 0.2) is 61.4 Å². The van der Waals surface area contributed by atoms with Crippen LogP contribution < -0.4 is 14.4 Å². The smallest absolute Gasteiger partial charge is 0.308 e. The molecule has 10 heteroatoms. The molecular weight excluding hydrogens is 486 g/mol. The average Bonchev–Trinajstić information content (AvgIpc) is 3.68. The number of hydrogen-bond donors (Lipinski definition) is 1. The van der Waals surface area contributed by atoms with Gasteiger partial charge in [-0.2, -0.15) is 0 Å². The summed E-state index contributed by atoms with van der Waals surface area (Å²) in [6, 6.07) is 8.99. The molecule has 0 aliphatic carbocycles. The van der Waals surface area contributed by atoms with E-state index in [0.717, 1.165) is 24.1 Å². The molecule has 3 aromatic rings. The number of aliphatic carboxylic acids is 1. The van der Waals surface area contributed by atoms with Crippen molar-refractivity contribution in [2.24, 2.45) is 5.92 Å². The summed E-state index contributed by atoms with van der Waals surface area (Å²) in [5.41, 5.74) is 1.63. The third-order valence-corrected chi connectivity index (χ3v) is 7.43. The van der Waals surface area contributed by atoms with Crippen molar-refractivity contribution in [2.45, 2.75) is 44.7 Å². The Hall–Kier alpha value is -3.92. The van der Waals surface area contributed by atoms with Gasteiger partial charge in [-0.25, -0.2) is 4.98 Å². The van der Waals surface area contributed by atoms with Crippen LogP contribution in [0.3, 0.4) is 0 Å². The number of benzene rings is 1. The van der Waals surface area contributed by atoms with Crippen molar-refractivity contribution < 1.29 is 24.2 Å². The maximum absolute atomic E-state index is 13.7. The highest BCUT2D eigenvalue weighted by atomic mass is 16.7. The van der Waals surface area contributed by atoms with Gasteiger partial charge in [0.1, 0.15) is 0 Å². The van der Waals surface area contributed by atoms with Crippen LogP contribution in [0, 0.1) is 5.92 Å². The summed E-state index contributed by atoms with van der Waals surface area (Å²) in [5.74, 6) is -0.633. The van der Waals surface area contributed by atoms with Crippen molar-refractivity contribution >= 4 is 17.6 Å². The molecule has 1 saturated heterocycles. The number of unbranched alkanes of at least 4 members (excludes halogenated alkanes) is 1. The predicted octanol–water partition coefficient (Wildman–Crippen LogP) is 3.40. The Labute approximate surface area is 221 Å². The third kappa shape index (κ3) is 5.50. The number of aromatic nitrogens is 3. The number of pyridine rings is 1. The first kappa shape index (κ1) is 25.7. The summed E-state index contributed by atoms with van der Waals surface area (Å²) in [5, 5.41) is 10.4. The molecular formula is C28H33N5O5. The highest BCUT2D eigenvalue weighted by molar-refractivity contribution is 5.94. The summed E-state index contributed by atoms with van der Waals surface area (Å²) >= 11 is 0. The first-order valence-electron chi connectivity index (χ1n) is 13.1. The number of fused-ring (bicyclic) bond motifs is 1. The van der Waals surface area contributed by atoms with Gasteiger partial charge < -0.3 is 24.0 Å². The quantitative estimate of drug-likeness (QED) is 0.411. The molecule has 4 heterocycles. The van der Waals surface area contributed by atoms with Crippen LogP contribution in [-0.2, 0) is 16.1 Å². The van der Waals surface area contributed by atoms with Crippen molar-refractivity contribution in [3.63, 3.8) is 0 Å². The average molecular weight is 520 g/mol. The van der Waals surface area contributed by atoms with Gasteiger partial charge in [0.2, 0.25) is 12.7 Å². The number of carbonyl (C=O) groups excluding carboxylic acids is 1. The van der Waals surface area contributed by atoms with Crippen LogP contribution in [0.5, 0.6) is 11.5 Å². The summed E-state index contributed by atoms with van der Waals surface area (Å²) in [6.07, 6.45) is 11.1. The molecule has 5 rings (SSSR count). The molecule has 1 fully saturated rings. The number of likely N-dealkylation sites (tertiary alicyclic amines) is 1. The topological polar surface area (TPSA) is 110 Å². The SMILES string of the molecule is CCCCN(C(=O)CN1C[C@H](c2ccc3c(c2)OCO3)[C@@H](C(=O)O)[C@@H]1CCn1ccnc1)c1cccnc1. The Morgan fingerprint density at radius 2 is 2.03 bits per heavy atom. The molecule has 0 saturated carbocycles. The summed E-state index contributed by atoms with van der Waals surface area (Å²) in [6.45, 7) is 4.01. The van der Waals surface area contributed by atoms with Crippen LogP contribution >= 0.6 is 0 Å². The molecule has 0 spiro atoms. The number of anilines is 1. The summed E-state index contributed by atoms with van der Waals surface area (Å²) < 4.78 is 13.0. The lowest BCUT2D eigenvalue weighted by Crippen LogP contribution is -2.45. The van der Waals surface area contributed by atoms with Crippen LogP contribution in [-0.4, -0.2) is 68.9 Å². The number of aryl methyl sites for hydroxylation is 1. The van der Waals surface area contributed by atoms with Crippen molar-refractivity contribution in [3.8, 4) is 11.5 Å². The van der Waals surface area contributed by atoms with E-state index in [2.05, 4.69) is 16.9 Å². The number of carboxylic acids is 1. The zero-order valence-corrected chi connectivity index (χ0v) is 21.5. The number of imidazole rings is 1. The van der Waals surface area contributed by atoms with E-state index in [9.17, 15) is 14.7 Å². The molecule has 10 nitrogen and oxygen atoms in total. The molecule has 0 radical (unpaired) electrons. The highest BCUT2D eigenvalue weighted by Crippen LogP contribution is 2.42. The number of nitrogens with zero attached hydrogens (tertiary/aromatic N) is 5. The summed E-state index contributed by atoms with van der Waals surface area (Å²) in [7, 11) is 0. The van der Waals surface area contributed by atoms with E-state index in [4.69, 9.17) is 9.47 Å². The van der Waals surface area contributed by atoms with Gasteiger partial charge in [-0.3, -0.25) is 19.5 Å². The fourth-order valence-electron chi connectivity index (χ4n) is 5.52. The second kappa shape index (κ2) is 11.6. The number of amides is 1.